The van der Waals surface area contributed by atoms with E-state index >= 15 is 0 Å². The number of carbonyl (C=O) groups excluding carboxylic acids is 3. The van der Waals surface area contributed by atoms with E-state index in [4.69, 9.17) is 14.2 Å². The van der Waals surface area contributed by atoms with Crippen molar-refractivity contribution >= 4 is 17.9 Å². The highest BCUT2D eigenvalue weighted by Gasteiger charge is 2.56. The van der Waals surface area contributed by atoms with Crippen molar-refractivity contribution in [2.24, 2.45) is 11.3 Å². The van der Waals surface area contributed by atoms with E-state index < -0.39 is 24.1 Å². The Bertz CT molecular complexity index is 851. The number of fused-ring (bicyclic) bond motifs is 1. The van der Waals surface area contributed by atoms with Crippen LogP contribution in [0.5, 0.6) is 17.2 Å². The number of nitrogens with zero attached hydrogens (tertiary/aromatic N) is 1. The first-order valence-electron chi connectivity index (χ1n) is 9.42. The van der Waals surface area contributed by atoms with Gasteiger partial charge in [0.15, 0.2) is 11.5 Å². The number of ether oxygens (including phenoxy) is 3. The third kappa shape index (κ3) is 3.27. The predicted octanol–water partition coefficient (Wildman–Crippen LogP) is 2.46. The van der Waals surface area contributed by atoms with Gasteiger partial charge in [0.05, 0.1) is 0 Å². The van der Waals surface area contributed by atoms with Crippen molar-refractivity contribution in [3.8, 4) is 17.2 Å². The molecular formula is C20H24N2O6. The van der Waals surface area contributed by atoms with E-state index in [1.165, 1.54) is 0 Å². The lowest BCUT2D eigenvalue weighted by Crippen LogP contribution is -2.54. The molecule has 8 heteroatoms. The van der Waals surface area contributed by atoms with Gasteiger partial charge in [0.2, 0.25) is 6.79 Å². The number of hydrogen-bond donors (Lipinski definition) is 1. The van der Waals surface area contributed by atoms with Gasteiger partial charge in [0.25, 0.3) is 5.91 Å². The number of amides is 3. The lowest BCUT2D eigenvalue weighted by atomic mass is 9.64. The quantitative estimate of drug-likeness (QED) is 0.486. The molecule has 1 saturated heterocycles. The van der Waals surface area contributed by atoms with Gasteiger partial charge >= 0.3 is 12.0 Å². The Balaban J connectivity index is 1.45. The highest BCUT2D eigenvalue weighted by atomic mass is 16.7. The molecule has 2 atom stereocenters. The number of esters is 1. The number of nitrogens with one attached hydrogen (secondary N) is 1. The summed E-state index contributed by atoms with van der Waals surface area (Å²) in [6, 6.07) is 4.21. The molecule has 1 saturated carbocycles. The summed E-state index contributed by atoms with van der Waals surface area (Å²) in [6.45, 7) is 5.96. The molecule has 0 unspecified atom stereocenters. The monoisotopic (exact) mass is 388 g/mol. The van der Waals surface area contributed by atoms with Gasteiger partial charge in [-0.05, 0) is 42.7 Å². The van der Waals surface area contributed by atoms with Crippen molar-refractivity contribution in [2.45, 2.75) is 45.6 Å². The Morgan fingerprint density at radius 3 is 2.75 bits per heavy atom. The molecule has 8 nitrogen and oxygen atoms in total. The fourth-order valence-electron chi connectivity index (χ4n) is 4.88. The summed E-state index contributed by atoms with van der Waals surface area (Å²) in [6.07, 6.45) is 2.13. The minimum absolute atomic E-state index is 0.0659. The Morgan fingerprint density at radius 2 is 2.00 bits per heavy atom. The van der Waals surface area contributed by atoms with Crippen molar-refractivity contribution in [1.82, 2.24) is 10.2 Å². The summed E-state index contributed by atoms with van der Waals surface area (Å²) >= 11 is 0. The molecule has 1 spiro atoms. The molecule has 0 aromatic heterocycles. The molecular weight excluding hydrogens is 364 g/mol. The van der Waals surface area contributed by atoms with Crippen LogP contribution < -0.4 is 19.5 Å². The van der Waals surface area contributed by atoms with Gasteiger partial charge in [-0.15, -0.1) is 0 Å². The topological polar surface area (TPSA) is 94.2 Å². The van der Waals surface area contributed by atoms with Crippen LogP contribution in [0.25, 0.3) is 0 Å². The van der Waals surface area contributed by atoms with Crippen LogP contribution in [0.15, 0.2) is 18.2 Å². The second-order valence-electron chi connectivity index (χ2n) is 8.75. The Morgan fingerprint density at radius 1 is 1.25 bits per heavy atom. The molecule has 1 aliphatic carbocycles. The van der Waals surface area contributed by atoms with Crippen LogP contribution in [0.1, 0.15) is 40.0 Å². The second-order valence-corrected chi connectivity index (χ2v) is 8.75. The van der Waals surface area contributed by atoms with E-state index in [0.29, 0.717) is 30.3 Å². The van der Waals surface area contributed by atoms with Gasteiger partial charge in [0.1, 0.15) is 17.8 Å². The Labute approximate surface area is 163 Å². The van der Waals surface area contributed by atoms with Crippen LogP contribution in [0.2, 0.25) is 0 Å². The first-order valence-corrected chi connectivity index (χ1v) is 9.42. The molecule has 28 heavy (non-hydrogen) atoms. The molecule has 2 fully saturated rings. The van der Waals surface area contributed by atoms with Crippen LogP contribution >= 0.6 is 0 Å². The molecule has 1 aromatic carbocycles. The normalized spacial score (nSPS) is 27.8. The Kier molecular flexibility index (Phi) is 4.24. The van der Waals surface area contributed by atoms with Gasteiger partial charge in [-0.1, -0.05) is 20.8 Å². The number of imide groups is 1. The summed E-state index contributed by atoms with van der Waals surface area (Å²) in [5, 5.41) is 2.85. The average Bonchev–Trinajstić information content (AvgIpc) is 3.11. The molecule has 0 radical (unpaired) electrons. The highest BCUT2D eigenvalue weighted by molar-refractivity contribution is 6.08. The highest BCUT2D eigenvalue weighted by Crippen LogP contribution is 2.46. The maximum Gasteiger partial charge on any atom is 0.331 e. The molecule has 2 heterocycles. The zero-order chi connectivity index (χ0) is 20.1. The van der Waals surface area contributed by atoms with Crippen molar-refractivity contribution in [3.05, 3.63) is 18.2 Å². The van der Waals surface area contributed by atoms with Crippen molar-refractivity contribution < 1.29 is 28.6 Å². The predicted molar refractivity (Wildman–Crippen MR) is 98.0 cm³/mol. The van der Waals surface area contributed by atoms with Gasteiger partial charge in [-0.25, -0.2) is 9.59 Å². The number of carbonyl (C=O) groups is 3. The van der Waals surface area contributed by atoms with Gasteiger partial charge in [-0.3, -0.25) is 9.69 Å². The fourth-order valence-corrected chi connectivity index (χ4v) is 4.88. The van der Waals surface area contributed by atoms with Gasteiger partial charge in [-0.2, -0.15) is 0 Å². The van der Waals surface area contributed by atoms with Crippen LogP contribution in [0.4, 0.5) is 4.79 Å². The van der Waals surface area contributed by atoms with E-state index in [9.17, 15) is 14.4 Å². The van der Waals surface area contributed by atoms with Gasteiger partial charge in [0, 0.05) is 6.07 Å². The van der Waals surface area contributed by atoms with E-state index in [-0.39, 0.29) is 23.9 Å². The second kappa shape index (κ2) is 6.39. The molecule has 3 aliphatic rings. The van der Waals surface area contributed by atoms with E-state index in [0.717, 1.165) is 11.3 Å². The third-order valence-electron chi connectivity index (χ3n) is 5.49. The average molecular weight is 388 g/mol. The molecule has 150 valence electrons. The lowest BCUT2D eigenvalue weighted by molar-refractivity contribution is -0.142. The van der Waals surface area contributed by atoms with Crippen LogP contribution in [-0.2, 0) is 9.59 Å². The maximum absolute atomic E-state index is 13.1. The van der Waals surface area contributed by atoms with Crippen LogP contribution in [0.3, 0.4) is 0 Å². The van der Waals surface area contributed by atoms with Gasteiger partial charge < -0.3 is 19.5 Å². The van der Waals surface area contributed by atoms with Crippen molar-refractivity contribution in [3.63, 3.8) is 0 Å². The van der Waals surface area contributed by atoms with E-state index in [1.807, 2.05) is 0 Å². The molecule has 1 aromatic rings. The minimum atomic E-state index is -0.933. The fraction of sp³-hybridized carbons (Fsp3) is 0.550. The number of urea groups is 1. The zero-order valence-corrected chi connectivity index (χ0v) is 16.2. The molecule has 3 amide bonds. The number of hydrogen-bond acceptors (Lipinski definition) is 6. The molecule has 1 N–H and O–H groups in total. The number of rotatable bonds is 3. The molecule has 0 bridgehead atoms. The van der Waals surface area contributed by atoms with E-state index in [1.54, 1.807) is 18.2 Å². The Hall–Kier alpha value is -2.77. The van der Waals surface area contributed by atoms with Crippen LogP contribution in [0, 0.1) is 11.3 Å². The summed E-state index contributed by atoms with van der Waals surface area (Å²) in [5.74, 6) is 0.585. The van der Waals surface area contributed by atoms with E-state index in [2.05, 4.69) is 26.1 Å². The van der Waals surface area contributed by atoms with Crippen LogP contribution in [-0.4, -0.2) is 41.7 Å². The largest absolute Gasteiger partial charge is 0.454 e. The smallest absolute Gasteiger partial charge is 0.331 e. The third-order valence-corrected chi connectivity index (χ3v) is 5.49. The number of benzene rings is 1. The standard InChI is InChI=1S/C20H24N2O6/c1-12-7-19(2,3)10-20(8-12)17(24)22(18(25)21-20)9-16(23)28-13-4-5-14-15(6-13)27-11-26-14/h4-6,12H,7-11H2,1-3H3,(H,21,25)/t12-,20-/m1/s1. The van der Waals surface area contributed by atoms with Crippen molar-refractivity contribution in [1.29, 1.82) is 0 Å². The molecule has 4 rings (SSSR count). The summed E-state index contributed by atoms with van der Waals surface area (Å²) in [5.41, 5.74) is -0.999. The first kappa shape index (κ1) is 18.6. The SMILES string of the molecule is C[C@@H]1CC(C)(C)C[C@@]2(C1)NC(=O)N(CC(=O)Oc1ccc3c(c1)OCO3)C2=O. The molecule has 2 aliphatic heterocycles. The summed E-state index contributed by atoms with van der Waals surface area (Å²) in [4.78, 5) is 38.8. The maximum atomic E-state index is 13.1. The summed E-state index contributed by atoms with van der Waals surface area (Å²) < 4.78 is 15.8. The first-order chi connectivity index (χ1) is 13.2. The minimum Gasteiger partial charge on any atom is -0.454 e. The van der Waals surface area contributed by atoms with Crippen molar-refractivity contribution in [2.75, 3.05) is 13.3 Å². The summed E-state index contributed by atoms with van der Waals surface area (Å²) in [7, 11) is 0. The zero-order valence-electron chi connectivity index (χ0n) is 16.2. The lowest BCUT2D eigenvalue weighted by Gasteiger charge is -2.43.